The first-order valence-electron chi connectivity index (χ1n) is 8.15. The first-order chi connectivity index (χ1) is 10.5. The molecule has 23 heavy (non-hydrogen) atoms. The number of hydrogen-bond donors (Lipinski definition) is 1. The Kier molecular flexibility index (Phi) is 8.74. The van der Waals surface area contributed by atoms with Gasteiger partial charge in [-0.05, 0) is 39.2 Å². The lowest BCUT2D eigenvalue weighted by molar-refractivity contribution is 0.376. The SMILES string of the molecule is CCNC(=NCCCc1cnn(C)c1)N1CCSC(C)(C)C1.I. The van der Waals surface area contributed by atoms with Crippen molar-refractivity contribution in [1.82, 2.24) is 20.0 Å². The lowest BCUT2D eigenvalue weighted by Crippen LogP contribution is -2.51. The minimum Gasteiger partial charge on any atom is -0.357 e. The van der Waals surface area contributed by atoms with E-state index >= 15 is 0 Å². The third kappa shape index (κ3) is 6.91. The van der Waals surface area contributed by atoms with E-state index in [2.05, 4.69) is 54.0 Å². The summed E-state index contributed by atoms with van der Waals surface area (Å²) in [5, 5.41) is 7.65. The summed E-state index contributed by atoms with van der Waals surface area (Å²) in [6, 6.07) is 0. The lowest BCUT2D eigenvalue weighted by atomic mass is 10.2. The molecule has 0 saturated carbocycles. The normalized spacial score (nSPS) is 17.7. The molecular formula is C16H30IN5S. The van der Waals surface area contributed by atoms with Crippen LogP contribution in [-0.4, -0.2) is 57.3 Å². The Morgan fingerprint density at radius 2 is 2.26 bits per heavy atom. The quantitative estimate of drug-likeness (QED) is 0.324. The van der Waals surface area contributed by atoms with Gasteiger partial charge in [0, 0.05) is 49.9 Å². The van der Waals surface area contributed by atoms with Crippen molar-refractivity contribution in [3.05, 3.63) is 18.0 Å². The third-order valence-electron chi connectivity index (χ3n) is 3.70. The molecule has 1 aliphatic rings. The van der Waals surface area contributed by atoms with E-state index in [4.69, 9.17) is 4.99 Å². The fraction of sp³-hybridized carbons (Fsp3) is 0.750. The molecule has 0 amide bonds. The standard InChI is InChI=1S/C16H29N5S.HI/c1-5-17-15(21-9-10-22-16(2,3)13-21)18-8-6-7-14-11-19-20(4)12-14;/h11-12H,5-10,13H2,1-4H3,(H,17,18);1H. The van der Waals surface area contributed by atoms with Gasteiger partial charge >= 0.3 is 0 Å². The molecule has 1 aliphatic heterocycles. The summed E-state index contributed by atoms with van der Waals surface area (Å²) >= 11 is 2.05. The molecule has 2 heterocycles. The Bertz CT molecular complexity index is 500. The second-order valence-electron chi connectivity index (χ2n) is 6.39. The Morgan fingerprint density at radius 3 is 2.87 bits per heavy atom. The highest BCUT2D eigenvalue weighted by Crippen LogP contribution is 2.29. The van der Waals surface area contributed by atoms with Crippen molar-refractivity contribution in [2.45, 2.75) is 38.4 Å². The molecule has 132 valence electrons. The molecule has 0 unspecified atom stereocenters. The molecule has 7 heteroatoms. The number of hydrogen-bond acceptors (Lipinski definition) is 3. The highest BCUT2D eigenvalue weighted by Gasteiger charge is 2.28. The number of aliphatic imine (C=N–C) groups is 1. The minimum atomic E-state index is 0. The van der Waals surface area contributed by atoms with Gasteiger partial charge in [-0.15, -0.1) is 24.0 Å². The molecule has 5 nitrogen and oxygen atoms in total. The molecule has 1 fully saturated rings. The number of aromatic nitrogens is 2. The summed E-state index contributed by atoms with van der Waals surface area (Å²) in [7, 11) is 1.96. The van der Waals surface area contributed by atoms with Crippen LogP contribution in [0, 0.1) is 0 Å². The van der Waals surface area contributed by atoms with Gasteiger partial charge in [0.25, 0.3) is 0 Å². The van der Waals surface area contributed by atoms with Gasteiger partial charge in [0.1, 0.15) is 0 Å². The molecule has 0 aliphatic carbocycles. The highest BCUT2D eigenvalue weighted by molar-refractivity contribution is 14.0. The van der Waals surface area contributed by atoms with Crippen molar-refractivity contribution in [3.63, 3.8) is 0 Å². The second-order valence-corrected chi connectivity index (χ2v) is 8.19. The third-order valence-corrected chi connectivity index (χ3v) is 5.00. The molecule has 2 rings (SSSR count). The molecule has 0 aromatic carbocycles. The van der Waals surface area contributed by atoms with Crippen LogP contribution in [0.2, 0.25) is 0 Å². The minimum absolute atomic E-state index is 0. The van der Waals surface area contributed by atoms with Gasteiger partial charge in [-0.25, -0.2) is 0 Å². The largest absolute Gasteiger partial charge is 0.357 e. The summed E-state index contributed by atoms with van der Waals surface area (Å²) < 4.78 is 2.17. The van der Waals surface area contributed by atoms with Gasteiger partial charge in [-0.3, -0.25) is 9.67 Å². The van der Waals surface area contributed by atoms with Crippen molar-refractivity contribution in [2.24, 2.45) is 12.0 Å². The molecule has 1 N–H and O–H groups in total. The maximum absolute atomic E-state index is 4.82. The molecular weight excluding hydrogens is 421 g/mol. The Balaban J connectivity index is 0.00000264. The average Bonchev–Trinajstić information content (AvgIpc) is 2.87. The van der Waals surface area contributed by atoms with Crippen LogP contribution in [0.25, 0.3) is 0 Å². The first-order valence-corrected chi connectivity index (χ1v) is 9.13. The van der Waals surface area contributed by atoms with E-state index in [9.17, 15) is 0 Å². The summed E-state index contributed by atoms with van der Waals surface area (Å²) in [5.74, 6) is 2.25. The number of aryl methyl sites for hydroxylation is 2. The van der Waals surface area contributed by atoms with Gasteiger partial charge in [0.15, 0.2) is 5.96 Å². The molecule has 0 bridgehead atoms. The maximum atomic E-state index is 4.82. The van der Waals surface area contributed by atoms with Crippen LogP contribution >= 0.6 is 35.7 Å². The van der Waals surface area contributed by atoms with Gasteiger partial charge in [-0.1, -0.05) is 0 Å². The highest BCUT2D eigenvalue weighted by atomic mass is 127. The topological polar surface area (TPSA) is 45.5 Å². The van der Waals surface area contributed by atoms with E-state index < -0.39 is 0 Å². The van der Waals surface area contributed by atoms with Crippen molar-refractivity contribution in [2.75, 3.05) is 31.9 Å². The number of nitrogens with zero attached hydrogens (tertiary/aromatic N) is 4. The molecule has 1 saturated heterocycles. The molecule has 0 spiro atoms. The van der Waals surface area contributed by atoms with E-state index in [1.54, 1.807) is 0 Å². The smallest absolute Gasteiger partial charge is 0.193 e. The van der Waals surface area contributed by atoms with Crippen LogP contribution in [0.1, 0.15) is 32.8 Å². The van der Waals surface area contributed by atoms with E-state index in [1.807, 2.05) is 17.9 Å². The zero-order valence-corrected chi connectivity index (χ0v) is 17.9. The fourth-order valence-corrected chi connectivity index (χ4v) is 3.80. The number of halogens is 1. The van der Waals surface area contributed by atoms with Crippen molar-refractivity contribution >= 4 is 41.7 Å². The first kappa shape index (κ1) is 20.6. The number of guanidine groups is 1. The summed E-state index contributed by atoms with van der Waals surface area (Å²) in [6.07, 6.45) is 6.13. The van der Waals surface area contributed by atoms with Crippen LogP contribution in [0.3, 0.4) is 0 Å². The maximum Gasteiger partial charge on any atom is 0.193 e. The Morgan fingerprint density at radius 1 is 1.48 bits per heavy atom. The van der Waals surface area contributed by atoms with Crippen LogP contribution < -0.4 is 5.32 Å². The molecule has 0 radical (unpaired) electrons. The van der Waals surface area contributed by atoms with Gasteiger partial charge < -0.3 is 10.2 Å². The predicted molar refractivity (Wildman–Crippen MR) is 111 cm³/mol. The summed E-state index contributed by atoms with van der Waals surface area (Å²) in [6.45, 7) is 10.7. The molecule has 1 aromatic rings. The lowest BCUT2D eigenvalue weighted by Gasteiger charge is -2.39. The zero-order chi connectivity index (χ0) is 16.0. The van der Waals surface area contributed by atoms with Crippen LogP contribution in [-0.2, 0) is 13.5 Å². The molecule has 1 aromatic heterocycles. The van der Waals surface area contributed by atoms with E-state index in [0.717, 1.165) is 45.0 Å². The van der Waals surface area contributed by atoms with Crippen LogP contribution in [0.4, 0.5) is 0 Å². The Labute approximate surface area is 161 Å². The molecule has 0 atom stereocenters. The van der Waals surface area contributed by atoms with Crippen molar-refractivity contribution < 1.29 is 0 Å². The predicted octanol–water partition coefficient (Wildman–Crippen LogP) is 2.76. The van der Waals surface area contributed by atoms with Crippen molar-refractivity contribution in [1.29, 1.82) is 0 Å². The van der Waals surface area contributed by atoms with Gasteiger partial charge in [0.2, 0.25) is 0 Å². The van der Waals surface area contributed by atoms with E-state index in [1.165, 1.54) is 11.3 Å². The van der Waals surface area contributed by atoms with Gasteiger partial charge in [-0.2, -0.15) is 16.9 Å². The fourth-order valence-electron chi connectivity index (χ4n) is 2.69. The van der Waals surface area contributed by atoms with Gasteiger partial charge in [0.05, 0.1) is 6.20 Å². The number of rotatable bonds is 5. The van der Waals surface area contributed by atoms with Crippen molar-refractivity contribution in [3.8, 4) is 0 Å². The van der Waals surface area contributed by atoms with E-state index in [0.29, 0.717) is 4.75 Å². The summed E-state index contributed by atoms with van der Waals surface area (Å²) in [4.78, 5) is 7.23. The van der Waals surface area contributed by atoms with Crippen LogP contribution in [0.15, 0.2) is 17.4 Å². The monoisotopic (exact) mass is 451 g/mol. The van der Waals surface area contributed by atoms with E-state index in [-0.39, 0.29) is 24.0 Å². The average molecular weight is 451 g/mol. The summed E-state index contributed by atoms with van der Waals surface area (Å²) in [5.41, 5.74) is 1.29. The number of thioether (sulfide) groups is 1. The Hall–Kier alpha value is -0.440. The zero-order valence-electron chi connectivity index (χ0n) is 14.7. The number of nitrogens with one attached hydrogen (secondary N) is 1. The second kappa shape index (κ2) is 9.76. The van der Waals surface area contributed by atoms with Crippen LogP contribution in [0.5, 0.6) is 0 Å².